The monoisotopic (exact) mass is 202 g/mol. The number of imidazole rings is 1. The van der Waals surface area contributed by atoms with Crippen LogP contribution in [0.4, 0.5) is 0 Å². The zero-order valence-electron chi connectivity index (χ0n) is 8.72. The van der Waals surface area contributed by atoms with Gasteiger partial charge in [0.15, 0.2) is 0 Å². The Kier molecular flexibility index (Phi) is 2.78. The highest BCUT2D eigenvalue weighted by molar-refractivity contribution is 5.30. The van der Waals surface area contributed by atoms with E-state index in [0.717, 1.165) is 18.0 Å². The molecule has 0 aromatic carbocycles. The van der Waals surface area contributed by atoms with Crippen LogP contribution in [0, 0.1) is 0 Å². The third-order valence-corrected chi connectivity index (χ3v) is 2.32. The molecule has 1 atom stereocenters. The average molecular weight is 202 g/mol. The van der Waals surface area contributed by atoms with Crippen LogP contribution < -0.4 is 5.32 Å². The summed E-state index contributed by atoms with van der Waals surface area (Å²) in [6, 6.07) is 2.20. The molecule has 0 saturated carbocycles. The largest absolute Gasteiger partial charge is 0.305 e. The van der Waals surface area contributed by atoms with E-state index in [9.17, 15) is 0 Å². The van der Waals surface area contributed by atoms with Gasteiger partial charge in [-0.15, -0.1) is 6.58 Å². The van der Waals surface area contributed by atoms with Crippen LogP contribution in [0.3, 0.4) is 0 Å². The minimum Gasteiger partial charge on any atom is -0.305 e. The third kappa shape index (κ3) is 2.05. The summed E-state index contributed by atoms with van der Waals surface area (Å²) in [5.74, 6) is 0.737. The van der Waals surface area contributed by atoms with Gasteiger partial charge >= 0.3 is 0 Å². The molecule has 0 fully saturated rings. The van der Waals surface area contributed by atoms with Gasteiger partial charge in [-0.25, -0.2) is 9.97 Å². The lowest BCUT2D eigenvalue weighted by Gasteiger charge is -2.07. The van der Waals surface area contributed by atoms with Crippen LogP contribution >= 0.6 is 0 Å². The Hall–Kier alpha value is -1.68. The predicted molar refractivity (Wildman–Crippen MR) is 59.5 cm³/mol. The second-order valence-corrected chi connectivity index (χ2v) is 3.44. The Labute approximate surface area is 88.7 Å². The first-order chi connectivity index (χ1) is 7.31. The molecule has 0 amide bonds. The summed E-state index contributed by atoms with van der Waals surface area (Å²) in [7, 11) is 0. The fraction of sp³-hybridized carbons (Fsp3) is 0.273. The van der Waals surface area contributed by atoms with Gasteiger partial charge in [-0.3, -0.25) is 4.40 Å². The van der Waals surface area contributed by atoms with Gasteiger partial charge in [0.1, 0.15) is 0 Å². The highest BCUT2D eigenvalue weighted by atomic mass is 15.1. The molecule has 0 bridgehead atoms. The molecular weight excluding hydrogens is 188 g/mol. The summed E-state index contributed by atoms with van der Waals surface area (Å²) >= 11 is 0. The van der Waals surface area contributed by atoms with E-state index in [1.807, 2.05) is 28.9 Å². The standard InChI is InChI=1S/C11H14N4/c1-3-9(2)13-7-10-8-14-11-12-5-4-6-15(10)11/h3-6,8-9,13H,1,7H2,2H3. The van der Waals surface area contributed by atoms with Crippen LogP contribution in [-0.2, 0) is 6.54 Å². The molecule has 2 rings (SSSR count). The van der Waals surface area contributed by atoms with E-state index >= 15 is 0 Å². The number of fused-ring (bicyclic) bond motifs is 1. The van der Waals surface area contributed by atoms with Crippen molar-refractivity contribution in [1.29, 1.82) is 0 Å². The number of aromatic nitrogens is 3. The molecule has 0 aliphatic heterocycles. The van der Waals surface area contributed by atoms with Gasteiger partial charge in [0, 0.05) is 25.0 Å². The summed E-state index contributed by atoms with van der Waals surface area (Å²) in [6.45, 7) is 6.55. The Morgan fingerprint density at radius 1 is 1.60 bits per heavy atom. The minimum absolute atomic E-state index is 0.298. The molecule has 15 heavy (non-hydrogen) atoms. The quantitative estimate of drug-likeness (QED) is 0.762. The maximum absolute atomic E-state index is 4.21. The first-order valence-corrected chi connectivity index (χ1v) is 4.94. The highest BCUT2D eigenvalue weighted by Crippen LogP contribution is 2.03. The summed E-state index contributed by atoms with van der Waals surface area (Å²) in [6.07, 6.45) is 7.42. The first-order valence-electron chi connectivity index (χ1n) is 4.94. The fourth-order valence-electron chi connectivity index (χ4n) is 1.36. The summed E-state index contributed by atoms with van der Waals surface area (Å²) in [4.78, 5) is 8.36. The molecule has 2 heterocycles. The van der Waals surface area contributed by atoms with Gasteiger partial charge < -0.3 is 5.32 Å². The number of nitrogens with zero attached hydrogens (tertiary/aromatic N) is 3. The van der Waals surface area contributed by atoms with Crippen molar-refractivity contribution in [2.45, 2.75) is 19.5 Å². The van der Waals surface area contributed by atoms with Gasteiger partial charge in [0.2, 0.25) is 5.78 Å². The molecule has 1 N–H and O–H groups in total. The lowest BCUT2D eigenvalue weighted by atomic mass is 10.3. The molecule has 0 aliphatic rings. The third-order valence-electron chi connectivity index (χ3n) is 2.32. The number of nitrogens with one attached hydrogen (secondary N) is 1. The fourth-order valence-corrected chi connectivity index (χ4v) is 1.36. The molecule has 0 radical (unpaired) electrons. The molecule has 2 aromatic heterocycles. The van der Waals surface area contributed by atoms with Crippen molar-refractivity contribution >= 4 is 5.78 Å². The van der Waals surface area contributed by atoms with Crippen molar-refractivity contribution in [3.63, 3.8) is 0 Å². The Morgan fingerprint density at radius 2 is 2.47 bits per heavy atom. The number of hydrogen-bond acceptors (Lipinski definition) is 3. The molecule has 4 nitrogen and oxygen atoms in total. The van der Waals surface area contributed by atoms with Gasteiger partial charge in [-0.2, -0.15) is 0 Å². The van der Waals surface area contributed by atoms with E-state index in [1.54, 1.807) is 6.20 Å². The van der Waals surface area contributed by atoms with Crippen LogP contribution in [0.2, 0.25) is 0 Å². The van der Waals surface area contributed by atoms with Crippen LogP contribution in [0.15, 0.2) is 37.3 Å². The van der Waals surface area contributed by atoms with E-state index in [2.05, 4.69) is 28.8 Å². The van der Waals surface area contributed by atoms with E-state index in [-0.39, 0.29) is 0 Å². The van der Waals surface area contributed by atoms with Crippen LogP contribution in [-0.4, -0.2) is 20.4 Å². The molecule has 0 spiro atoms. The van der Waals surface area contributed by atoms with Crippen molar-refractivity contribution < 1.29 is 0 Å². The highest BCUT2D eigenvalue weighted by Gasteiger charge is 2.03. The molecule has 1 unspecified atom stereocenters. The Bertz CT molecular complexity index is 460. The number of hydrogen-bond donors (Lipinski definition) is 1. The smallest absolute Gasteiger partial charge is 0.233 e. The molecular formula is C11H14N4. The lowest BCUT2D eigenvalue weighted by Crippen LogP contribution is -2.23. The summed E-state index contributed by atoms with van der Waals surface area (Å²) < 4.78 is 1.98. The van der Waals surface area contributed by atoms with Crippen molar-refractivity contribution in [2.75, 3.05) is 0 Å². The number of rotatable bonds is 4. The second kappa shape index (κ2) is 4.23. The predicted octanol–water partition coefficient (Wildman–Crippen LogP) is 1.39. The van der Waals surface area contributed by atoms with E-state index in [4.69, 9.17) is 0 Å². The van der Waals surface area contributed by atoms with Crippen molar-refractivity contribution in [2.24, 2.45) is 0 Å². The summed E-state index contributed by atoms with van der Waals surface area (Å²) in [5, 5.41) is 3.32. The lowest BCUT2D eigenvalue weighted by molar-refractivity contribution is 0.621. The van der Waals surface area contributed by atoms with Gasteiger partial charge in [-0.1, -0.05) is 6.08 Å². The van der Waals surface area contributed by atoms with Crippen molar-refractivity contribution in [1.82, 2.24) is 19.7 Å². The summed E-state index contributed by atoms with van der Waals surface area (Å²) in [5.41, 5.74) is 1.10. The molecule has 2 aromatic rings. The van der Waals surface area contributed by atoms with Crippen molar-refractivity contribution in [3.8, 4) is 0 Å². The Morgan fingerprint density at radius 3 is 3.27 bits per heavy atom. The second-order valence-electron chi connectivity index (χ2n) is 3.44. The topological polar surface area (TPSA) is 42.2 Å². The molecule has 0 aliphatic carbocycles. The molecule has 78 valence electrons. The van der Waals surface area contributed by atoms with Crippen LogP contribution in [0.5, 0.6) is 0 Å². The van der Waals surface area contributed by atoms with Crippen molar-refractivity contribution in [3.05, 3.63) is 43.0 Å². The van der Waals surface area contributed by atoms with Gasteiger partial charge in [0.25, 0.3) is 0 Å². The maximum Gasteiger partial charge on any atom is 0.233 e. The van der Waals surface area contributed by atoms with E-state index in [0.29, 0.717) is 6.04 Å². The van der Waals surface area contributed by atoms with Crippen LogP contribution in [0.25, 0.3) is 5.78 Å². The first kappa shape index (κ1) is 9.86. The Balaban J connectivity index is 2.18. The van der Waals surface area contributed by atoms with Gasteiger partial charge in [0.05, 0.1) is 11.9 Å². The molecule has 0 saturated heterocycles. The molecule has 4 heteroatoms. The zero-order valence-corrected chi connectivity index (χ0v) is 8.72. The normalized spacial score (nSPS) is 12.9. The van der Waals surface area contributed by atoms with E-state index in [1.165, 1.54) is 0 Å². The van der Waals surface area contributed by atoms with Gasteiger partial charge in [-0.05, 0) is 13.0 Å². The maximum atomic E-state index is 4.21. The van der Waals surface area contributed by atoms with E-state index < -0.39 is 0 Å². The average Bonchev–Trinajstić information content (AvgIpc) is 2.69. The SMILES string of the molecule is C=CC(C)NCc1cnc2ncccn12. The minimum atomic E-state index is 0.298. The van der Waals surface area contributed by atoms with Crippen LogP contribution in [0.1, 0.15) is 12.6 Å². The zero-order chi connectivity index (χ0) is 10.7.